The van der Waals surface area contributed by atoms with E-state index in [1.165, 1.54) is 5.56 Å². The lowest BCUT2D eigenvalue weighted by atomic mass is 9.87. The molecule has 1 atom stereocenters. The van der Waals surface area contributed by atoms with Crippen molar-refractivity contribution in [2.75, 3.05) is 39.3 Å². The lowest BCUT2D eigenvalue weighted by Crippen LogP contribution is -2.44. The van der Waals surface area contributed by atoms with Gasteiger partial charge in [-0.05, 0) is 57.2 Å². The summed E-state index contributed by atoms with van der Waals surface area (Å²) in [6, 6.07) is 6.15. The molecule has 0 bridgehead atoms. The van der Waals surface area contributed by atoms with Crippen molar-refractivity contribution < 1.29 is 14.3 Å². The molecule has 1 fully saturated rings. The van der Waals surface area contributed by atoms with Crippen molar-refractivity contribution in [3.05, 3.63) is 29.3 Å². The van der Waals surface area contributed by atoms with Gasteiger partial charge in [0.05, 0.1) is 6.04 Å². The number of nitrogens with one attached hydrogen (secondary N) is 2. The zero-order valence-corrected chi connectivity index (χ0v) is 16.8. The van der Waals surface area contributed by atoms with Crippen LogP contribution in [0.25, 0.3) is 0 Å². The van der Waals surface area contributed by atoms with Crippen LogP contribution in [0.5, 0.6) is 5.75 Å². The molecule has 2 N–H and O–H groups in total. The van der Waals surface area contributed by atoms with Gasteiger partial charge in [-0.15, -0.1) is 0 Å². The van der Waals surface area contributed by atoms with Gasteiger partial charge >= 0.3 is 6.09 Å². The van der Waals surface area contributed by atoms with Gasteiger partial charge in [-0.3, -0.25) is 4.90 Å². The minimum atomic E-state index is -0.490. The maximum Gasteiger partial charge on any atom is 0.408 e. The molecule has 1 saturated heterocycles. The van der Waals surface area contributed by atoms with Crippen LogP contribution in [-0.2, 0) is 11.2 Å². The van der Waals surface area contributed by atoms with Crippen molar-refractivity contribution >= 4 is 6.09 Å². The number of carbonyl (C=O) groups excluding carboxylic acids is 1. The van der Waals surface area contributed by atoms with Crippen LogP contribution < -0.4 is 15.4 Å². The summed E-state index contributed by atoms with van der Waals surface area (Å²) in [7, 11) is 0. The highest BCUT2D eigenvalue weighted by Gasteiger charge is 2.26. The molecule has 150 valence electrons. The molecule has 1 unspecified atom stereocenters. The highest BCUT2D eigenvalue weighted by molar-refractivity contribution is 5.68. The fourth-order valence-corrected chi connectivity index (χ4v) is 3.77. The van der Waals surface area contributed by atoms with E-state index in [-0.39, 0.29) is 12.1 Å². The topological polar surface area (TPSA) is 62.8 Å². The highest BCUT2D eigenvalue weighted by atomic mass is 16.6. The third-order valence-electron chi connectivity index (χ3n) is 5.03. The first kappa shape index (κ1) is 20.0. The smallest absolute Gasteiger partial charge is 0.408 e. The van der Waals surface area contributed by atoms with Crippen LogP contribution in [0.2, 0.25) is 0 Å². The van der Waals surface area contributed by atoms with E-state index in [2.05, 4.69) is 21.6 Å². The van der Waals surface area contributed by atoms with E-state index in [4.69, 9.17) is 9.47 Å². The Morgan fingerprint density at radius 1 is 1.30 bits per heavy atom. The Kier molecular flexibility index (Phi) is 6.60. The molecular weight excluding hydrogens is 342 g/mol. The summed E-state index contributed by atoms with van der Waals surface area (Å²) in [6.07, 6.45) is 2.60. The zero-order valence-electron chi connectivity index (χ0n) is 16.8. The number of benzene rings is 1. The maximum atomic E-state index is 12.2. The second-order valence-electron chi connectivity index (χ2n) is 8.36. The SMILES string of the molecule is CC(C)(C)OC(=O)NC1CCCc2c(OCCN3CCNCC3)cccc21. The van der Waals surface area contributed by atoms with Crippen LogP contribution in [0.3, 0.4) is 0 Å². The molecule has 1 aromatic rings. The lowest BCUT2D eigenvalue weighted by Gasteiger charge is -2.30. The first-order valence-corrected chi connectivity index (χ1v) is 10.1. The van der Waals surface area contributed by atoms with E-state index in [9.17, 15) is 4.79 Å². The molecule has 3 rings (SSSR count). The molecule has 1 heterocycles. The fourth-order valence-electron chi connectivity index (χ4n) is 3.77. The molecule has 1 aliphatic heterocycles. The van der Waals surface area contributed by atoms with Gasteiger partial charge in [0.25, 0.3) is 0 Å². The highest BCUT2D eigenvalue weighted by Crippen LogP contribution is 2.35. The van der Waals surface area contributed by atoms with Crippen LogP contribution in [0, 0.1) is 0 Å². The van der Waals surface area contributed by atoms with Gasteiger partial charge in [-0.1, -0.05) is 12.1 Å². The van der Waals surface area contributed by atoms with E-state index in [1.807, 2.05) is 32.9 Å². The molecule has 1 aliphatic carbocycles. The third-order valence-corrected chi connectivity index (χ3v) is 5.03. The molecule has 6 heteroatoms. The van der Waals surface area contributed by atoms with E-state index < -0.39 is 5.60 Å². The number of amides is 1. The summed E-state index contributed by atoms with van der Waals surface area (Å²) in [6.45, 7) is 11.6. The van der Waals surface area contributed by atoms with Crippen molar-refractivity contribution in [1.29, 1.82) is 0 Å². The maximum absolute atomic E-state index is 12.2. The normalized spacial score (nSPS) is 20.6. The molecule has 0 saturated carbocycles. The first-order chi connectivity index (χ1) is 12.9. The summed E-state index contributed by atoms with van der Waals surface area (Å²) in [5, 5.41) is 6.41. The second-order valence-corrected chi connectivity index (χ2v) is 8.36. The van der Waals surface area contributed by atoms with E-state index in [0.29, 0.717) is 6.61 Å². The van der Waals surface area contributed by atoms with Crippen LogP contribution in [0.15, 0.2) is 18.2 Å². The Morgan fingerprint density at radius 3 is 2.81 bits per heavy atom. The number of hydrogen-bond acceptors (Lipinski definition) is 5. The molecule has 27 heavy (non-hydrogen) atoms. The van der Waals surface area contributed by atoms with E-state index in [0.717, 1.165) is 63.3 Å². The summed E-state index contributed by atoms with van der Waals surface area (Å²) < 4.78 is 11.6. The van der Waals surface area contributed by atoms with Gasteiger partial charge in [-0.2, -0.15) is 0 Å². The molecule has 2 aliphatic rings. The van der Waals surface area contributed by atoms with E-state index >= 15 is 0 Å². The minimum Gasteiger partial charge on any atom is -0.492 e. The predicted octanol–water partition coefficient (Wildman–Crippen LogP) is 2.87. The third kappa shape index (κ3) is 5.84. The summed E-state index contributed by atoms with van der Waals surface area (Å²) >= 11 is 0. The van der Waals surface area contributed by atoms with Gasteiger partial charge in [0, 0.05) is 32.7 Å². The van der Waals surface area contributed by atoms with Crippen LogP contribution >= 0.6 is 0 Å². The standard InChI is InChI=1S/C21H33N3O3/c1-21(2,3)27-20(25)23-18-8-4-7-17-16(18)6-5-9-19(17)26-15-14-24-12-10-22-11-13-24/h5-6,9,18,22H,4,7-8,10-15H2,1-3H3,(H,23,25). The number of fused-ring (bicyclic) bond motifs is 1. The molecular formula is C21H33N3O3. The van der Waals surface area contributed by atoms with E-state index in [1.54, 1.807) is 0 Å². The fraction of sp³-hybridized carbons (Fsp3) is 0.667. The molecule has 6 nitrogen and oxygen atoms in total. The summed E-state index contributed by atoms with van der Waals surface area (Å²) in [4.78, 5) is 14.6. The zero-order chi connectivity index (χ0) is 19.3. The van der Waals surface area contributed by atoms with Crippen molar-refractivity contribution in [3.8, 4) is 5.75 Å². The van der Waals surface area contributed by atoms with Crippen molar-refractivity contribution in [1.82, 2.24) is 15.5 Å². The second kappa shape index (κ2) is 8.93. The van der Waals surface area contributed by atoms with Gasteiger partial charge in [0.15, 0.2) is 0 Å². The Bertz CT molecular complexity index is 636. The van der Waals surface area contributed by atoms with Gasteiger partial charge in [-0.25, -0.2) is 4.79 Å². The summed E-state index contributed by atoms with van der Waals surface area (Å²) in [5.41, 5.74) is 1.90. The number of hydrogen-bond donors (Lipinski definition) is 2. The Balaban J connectivity index is 1.60. The average Bonchev–Trinajstić information content (AvgIpc) is 2.62. The Morgan fingerprint density at radius 2 is 2.07 bits per heavy atom. The molecule has 1 amide bonds. The van der Waals surface area contributed by atoms with Gasteiger partial charge in [0.2, 0.25) is 0 Å². The quantitative estimate of drug-likeness (QED) is 0.829. The monoisotopic (exact) mass is 375 g/mol. The number of carbonyl (C=O) groups is 1. The Hall–Kier alpha value is -1.79. The summed E-state index contributed by atoms with van der Waals surface area (Å²) in [5.74, 6) is 0.957. The molecule has 0 spiro atoms. The van der Waals surface area contributed by atoms with Crippen LogP contribution in [0.4, 0.5) is 4.79 Å². The van der Waals surface area contributed by atoms with Crippen molar-refractivity contribution in [2.45, 2.75) is 51.7 Å². The molecule has 0 aromatic heterocycles. The largest absolute Gasteiger partial charge is 0.492 e. The lowest BCUT2D eigenvalue weighted by molar-refractivity contribution is 0.0498. The van der Waals surface area contributed by atoms with Crippen molar-refractivity contribution in [2.24, 2.45) is 0 Å². The van der Waals surface area contributed by atoms with Crippen molar-refractivity contribution in [3.63, 3.8) is 0 Å². The number of alkyl carbamates (subject to hydrolysis) is 1. The Labute approximate surface area is 162 Å². The average molecular weight is 376 g/mol. The number of rotatable bonds is 5. The van der Waals surface area contributed by atoms with Gasteiger partial charge < -0.3 is 20.1 Å². The van der Waals surface area contributed by atoms with Crippen LogP contribution in [0.1, 0.15) is 50.8 Å². The minimum absolute atomic E-state index is 0.0136. The number of nitrogens with zero attached hydrogens (tertiary/aromatic N) is 1. The molecule has 1 aromatic carbocycles. The predicted molar refractivity (Wildman–Crippen MR) is 106 cm³/mol. The first-order valence-electron chi connectivity index (χ1n) is 10.1. The number of ether oxygens (including phenoxy) is 2. The van der Waals surface area contributed by atoms with Gasteiger partial charge in [0.1, 0.15) is 18.0 Å². The number of piperazine rings is 1. The van der Waals surface area contributed by atoms with Crippen LogP contribution in [-0.4, -0.2) is 55.9 Å². The molecule has 0 radical (unpaired) electrons.